The quantitative estimate of drug-likeness (QED) is 0.911. The van der Waals surface area contributed by atoms with Crippen LogP contribution in [0, 0.1) is 0 Å². The van der Waals surface area contributed by atoms with Crippen molar-refractivity contribution in [2.45, 2.75) is 12.3 Å². The Morgan fingerprint density at radius 2 is 1.94 bits per heavy atom. The van der Waals surface area contributed by atoms with Crippen molar-refractivity contribution in [2.75, 3.05) is 0 Å². The van der Waals surface area contributed by atoms with Gasteiger partial charge in [0.15, 0.2) is 0 Å². The summed E-state index contributed by atoms with van der Waals surface area (Å²) in [5, 5.41) is 10.1. The standard InChI is InChI=1S/C11H7ClF3NOS/c12-8-5-16-10(18-8)9(17)6-3-1-2-4-7(6)11(13,14)15/h1-5,9,17H. The number of halogens is 4. The van der Waals surface area contributed by atoms with Gasteiger partial charge in [-0.25, -0.2) is 4.98 Å². The zero-order valence-corrected chi connectivity index (χ0v) is 10.4. The Hall–Kier alpha value is -1.11. The van der Waals surface area contributed by atoms with Crippen molar-refractivity contribution >= 4 is 22.9 Å². The van der Waals surface area contributed by atoms with Gasteiger partial charge in [0.1, 0.15) is 15.4 Å². The zero-order chi connectivity index (χ0) is 13.3. The number of nitrogens with zero attached hydrogens (tertiary/aromatic N) is 1. The van der Waals surface area contributed by atoms with E-state index in [1.165, 1.54) is 24.4 Å². The fourth-order valence-corrected chi connectivity index (χ4v) is 2.46. The minimum absolute atomic E-state index is 0.136. The van der Waals surface area contributed by atoms with Crippen LogP contribution in [0.4, 0.5) is 13.2 Å². The second-order valence-corrected chi connectivity index (χ2v) is 5.18. The summed E-state index contributed by atoms with van der Waals surface area (Å²) in [5.74, 6) is 0. The van der Waals surface area contributed by atoms with Gasteiger partial charge in [0, 0.05) is 0 Å². The molecule has 0 amide bonds. The molecule has 0 aliphatic heterocycles. The van der Waals surface area contributed by atoms with Crippen LogP contribution in [0.2, 0.25) is 4.34 Å². The molecule has 2 nitrogen and oxygen atoms in total. The van der Waals surface area contributed by atoms with Gasteiger partial charge in [0.05, 0.1) is 11.8 Å². The molecule has 18 heavy (non-hydrogen) atoms. The predicted octanol–water partition coefficient (Wildman–Crippen LogP) is 3.90. The molecule has 0 aliphatic rings. The Bertz CT molecular complexity index is 555. The molecule has 0 fully saturated rings. The molecule has 0 aliphatic carbocycles. The van der Waals surface area contributed by atoms with Crippen molar-refractivity contribution in [3.05, 3.63) is 50.9 Å². The molecule has 0 saturated heterocycles. The average molecular weight is 294 g/mol. The first-order valence-electron chi connectivity index (χ1n) is 4.85. The number of hydrogen-bond donors (Lipinski definition) is 1. The van der Waals surface area contributed by atoms with E-state index < -0.39 is 17.8 Å². The summed E-state index contributed by atoms with van der Waals surface area (Å²) in [6, 6.07) is 4.85. The molecule has 0 radical (unpaired) electrons. The van der Waals surface area contributed by atoms with Gasteiger partial charge < -0.3 is 5.11 Å². The minimum atomic E-state index is -4.52. The largest absolute Gasteiger partial charge is 0.416 e. The van der Waals surface area contributed by atoms with Crippen molar-refractivity contribution in [3.8, 4) is 0 Å². The SMILES string of the molecule is OC(c1ncc(Cl)s1)c1ccccc1C(F)(F)F. The fraction of sp³-hybridized carbons (Fsp3) is 0.182. The van der Waals surface area contributed by atoms with Crippen molar-refractivity contribution in [1.29, 1.82) is 0 Å². The molecule has 2 rings (SSSR count). The molecule has 0 saturated carbocycles. The molecule has 1 N–H and O–H groups in total. The van der Waals surface area contributed by atoms with E-state index in [0.29, 0.717) is 4.34 Å². The van der Waals surface area contributed by atoms with Gasteiger partial charge in [-0.15, -0.1) is 11.3 Å². The smallest absolute Gasteiger partial charge is 0.381 e. The lowest BCUT2D eigenvalue weighted by Crippen LogP contribution is -2.12. The first kappa shape index (κ1) is 13.3. The Balaban J connectivity index is 2.45. The second kappa shape index (κ2) is 4.87. The van der Waals surface area contributed by atoms with Crippen molar-refractivity contribution < 1.29 is 18.3 Å². The van der Waals surface area contributed by atoms with Gasteiger partial charge in [0.25, 0.3) is 0 Å². The Morgan fingerprint density at radius 1 is 1.28 bits per heavy atom. The maximum Gasteiger partial charge on any atom is 0.416 e. The van der Waals surface area contributed by atoms with E-state index in [9.17, 15) is 18.3 Å². The normalized spacial score (nSPS) is 13.6. The minimum Gasteiger partial charge on any atom is -0.381 e. The highest BCUT2D eigenvalue weighted by atomic mass is 35.5. The van der Waals surface area contributed by atoms with E-state index in [2.05, 4.69) is 4.98 Å². The number of alkyl halides is 3. The van der Waals surface area contributed by atoms with Crippen LogP contribution in [-0.4, -0.2) is 10.1 Å². The van der Waals surface area contributed by atoms with Crippen LogP contribution >= 0.6 is 22.9 Å². The Morgan fingerprint density at radius 3 is 2.50 bits per heavy atom. The monoisotopic (exact) mass is 293 g/mol. The van der Waals surface area contributed by atoms with E-state index in [4.69, 9.17) is 11.6 Å². The van der Waals surface area contributed by atoms with Gasteiger partial charge >= 0.3 is 6.18 Å². The maximum absolute atomic E-state index is 12.8. The highest BCUT2D eigenvalue weighted by Crippen LogP contribution is 2.37. The van der Waals surface area contributed by atoms with E-state index in [1.807, 2.05) is 0 Å². The number of aliphatic hydroxyl groups excluding tert-OH is 1. The predicted molar refractivity (Wildman–Crippen MR) is 62.6 cm³/mol. The lowest BCUT2D eigenvalue weighted by atomic mass is 10.0. The fourth-order valence-electron chi connectivity index (χ4n) is 1.52. The molecule has 96 valence electrons. The summed E-state index contributed by atoms with van der Waals surface area (Å²) in [7, 11) is 0. The lowest BCUT2D eigenvalue weighted by Gasteiger charge is -2.15. The van der Waals surface area contributed by atoms with Gasteiger partial charge in [-0.2, -0.15) is 13.2 Å². The van der Waals surface area contributed by atoms with Crippen LogP contribution in [0.15, 0.2) is 30.5 Å². The molecular weight excluding hydrogens is 287 g/mol. The molecule has 0 spiro atoms. The number of thiazole rings is 1. The highest BCUT2D eigenvalue weighted by Gasteiger charge is 2.35. The molecule has 0 bridgehead atoms. The topological polar surface area (TPSA) is 33.1 Å². The molecular formula is C11H7ClF3NOS. The highest BCUT2D eigenvalue weighted by molar-refractivity contribution is 7.15. The van der Waals surface area contributed by atoms with Crippen molar-refractivity contribution in [1.82, 2.24) is 4.98 Å². The number of aromatic nitrogens is 1. The summed E-state index contributed by atoms with van der Waals surface area (Å²) in [4.78, 5) is 3.78. The number of benzene rings is 1. The lowest BCUT2D eigenvalue weighted by molar-refractivity contribution is -0.139. The van der Waals surface area contributed by atoms with Crippen LogP contribution in [0.5, 0.6) is 0 Å². The van der Waals surface area contributed by atoms with Crippen LogP contribution in [0.1, 0.15) is 22.2 Å². The maximum atomic E-state index is 12.8. The van der Waals surface area contributed by atoms with Crippen LogP contribution in [0.25, 0.3) is 0 Å². The van der Waals surface area contributed by atoms with Crippen LogP contribution in [0.3, 0.4) is 0 Å². The number of aliphatic hydroxyl groups is 1. The van der Waals surface area contributed by atoms with E-state index >= 15 is 0 Å². The molecule has 1 aromatic heterocycles. The van der Waals surface area contributed by atoms with Gasteiger partial charge in [0.2, 0.25) is 0 Å². The summed E-state index contributed by atoms with van der Waals surface area (Å²) in [6.45, 7) is 0. The summed E-state index contributed by atoms with van der Waals surface area (Å²) in [5.41, 5.74) is -1.10. The van der Waals surface area contributed by atoms with Crippen molar-refractivity contribution in [3.63, 3.8) is 0 Å². The molecule has 7 heteroatoms. The average Bonchev–Trinajstić information content (AvgIpc) is 2.74. The molecule has 1 unspecified atom stereocenters. The summed E-state index contributed by atoms with van der Waals surface area (Å²) in [6.07, 6.45) is -4.65. The third-order valence-corrected chi connectivity index (χ3v) is 3.46. The number of rotatable bonds is 2. The third-order valence-electron chi connectivity index (χ3n) is 2.29. The first-order valence-corrected chi connectivity index (χ1v) is 6.04. The third kappa shape index (κ3) is 2.66. The second-order valence-electron chi connectivity index (χ2n) is 3.49. The number of hydrogen-bond acceptors (Lipinski definition) is 3. The molecule has 1 heterocycles. The van der Waals surface area contributed by atoms with Gasteiger partial charge in [-0.05, 0) is 11.6 Å². The van der Waals surface area contributed by atoms with Crippen LogP contribution in [-0.2, 0) is 6.18 Å². The summed E-state index contributed by atoms with van der Waals surface area (Å²) >= 11 is 6.59. The summed E-state index contributed by atoms with van der Waals surface area (Å²) < 4.78 is 38.6. The van der Waals surface area contributed by atoms with Crippen molar-refractivity contribution in [2.24, 2.45) is 0 Å². The van der Waals surface area contributed by atoms with Gasteiger partial charge in [-0.3, -0.25) is 0 Å². The molecule has 1 aromatic carbocycles. The zero-order valence-electron chi connectivity index (χ0n) is 8.78. The first-order chi connectivity index (χ1) is 8.39. The Labute approximate surface area is 110 Å². The van der Waals surface area contributed by atoms with E-state index in [0.717, 1.165) is 17.4 Å². The van der Waals surface area contributed by atoms with Gasteiger partial charge in [-0.1, -0.05) is 29.8 Å². The van der Waals surface area contributed by atoms with E-state index in [1.54, 1.807) is 0 Å². The molecule has 1 atom stereocenters. The van der Waals surface area contributed by atoms with E-state index in [-0.39, 0.29) is 10.6 Å². The van der Waals surface area contributed by atoms with Crippen LogP contribution < -0.4 is 0 Å². The molecule has 2 aromatic rings. The Kier molecular flexibility index (Phi) is 3.61.